The summed E-state index contributed by atoms with van der Waals surface area (Å²) in [6.07, 6.45) is 11.5. The Kier molecular flexibility index (Phi) is 8.88. The highest BCUT2D eigenvalue weighted by atomic mass is 127. The van der Waals surface area contributed by atoms with Crippen LogP contribution in [0.2, 0.25) is 0 Å². The molecule has 2 aromatic heterocycles. The van der Waals surface area contributed by atoms with Crippen LogP contribution in [0.3, 0.4) is 0 Å². The van der Waals surface area contributed by atoms with Gasteiger partial charge in [0.25, 0.3) is 0 Å². The molecule has 1 aliphatic rings. The van der Waals surface area contributed by atoms with Gasteiger partial charge in [0.15, 0.2) is 5.96 Å². The minimum absolute atomic E-state index is 0. The van der Waals surface area contributed by atoms with Crippen LogP contribution in [0.15, 0.2) is 35.7 Å². The van der Waals surface area contributed by atoms with E-state index in [-0.39, 0.29) is 24.0 Å². The summed E-state index contributed by atoms with van der Waals surface area (Å²) < 4.78 is 1.97. The number of thioether (sulfide) groups is 1. The van der Waals surface area contributed by atoms with Gasteiger partial charge in [-0.05, 0) is 51.0 Å². The highest BCUT2D eigenvalue weighted by molar-refractivity contribution is 14.0. The summed E-state index contributed by atoms with van der Waals surface area (Å²) in [5.74, 6) is 2.71. The number of rotatable bonds is 6. The molecule has 0 saturated heterocycles. The van der Waals surface area contributed by atoms with Crippen LogP contribution in [0.5, 0.6) is 0 Å². The minimum atomic E-state index is 0. The maximum atomic E-state index is 4.74. The van der Waals surface area contributed by atoms with E-state index in [9.17, 15) is 0 Å². The van der Waals surface area contributed by atoms with Crippen LogP contribution in [0.4, 0.5) is 0 Å². The number of nitrogens with zero attached hydrogens (tertiary/aromatic N) is 4. The first-order valence-electron chi connectivity index (χ1n) is 9.22. The Balaban J connectivity index is 0.00000261. The molecule has 1 saturated carbocycles. The van der Waals surface area contributed by atoms with Gasteiger partial charge in [0.05, 0.1) is 6.54 Å². The fourth-order valence-electron chi connectivity index (χ4n) is 3.24. The summed E-state index contributed by atoms with van der Waals surface area (Å²) in [5.41, 5.74) is 1.09. The second-order valence-corrected chi connectivity index (χ2v) is 7.71. The van der Waals surface area contributed by atoms with Gasteiger partial charge in [-0.1, -0.05) is 6.07 Å². The molecule has 8 heteroatoms. The Hall–Kier alpha value is -1.29. The molecular weight excluding hydrogens is 471 g/mol. The van der Waals surface area contributed by atoms with Crippen molar-refractivity contribution < 1.29 is 0 Å². The molecule has 0 bridgehead atoms. The number of guanidine groups is 1. The molecule has 2 aromatic rings. The van der Waals surface area contributed by atoms with Crippen LogP contribution in [0.1, 0.15) is 37.6 Å². The lowest BCUT2D eigenvalue weighted by molar-refractivity contribution is 0.615. The molecule has 0 amide bonds. The molecule has 3 rings (SSSR count). The first kappa shape index (κ1) is 22.0. The van der Waals surface area contributed by atoms with Crippen LogP contribution in [0.25, 0.3) is 5.82 Å². The van der Waals surface area contributed by atoms with Crippen molar-refractivity contribution in [1.29, 1.82) is 0 Å². The zero-order chi connectivity index (χ0) is 18.4. The Morgan fingerprint density at radius 2 is 2.19 bits per heavy atom. The number of aryl methyl sites for hydroxylation is 1. The van der Waals surface area contributed by atoms with Gasteiger partial charge in [0.1, 0.15) is 11.6 Å². The summed E-state index contributed by atoms with van der Waals surface area (Å²) in [7, 11) is 0. The van der Waals surface area contributed by atoms with E-state index in [2.05, 4.69) is 39.8 Å². The quantitative estimate of drug-likeness (QED) is 0.361. The van der Waals surface area contributed by atoms with E-state index in [1.165, 1.54) is 19.3 Å². The molecule has 2 atom stereocenters. The lowest BCUT2D eigenvalue weighted by Crippen LogP contribution is -2.42. The third-order valence-electron chi connectivity index (χ3n) is 4.70. The summed E-state index contributed by atoms with van der Waals surface area (Å²) in [4.78, 5) is 13.5. The number of pyridine rings is 1. The second-order valence-electron chi connectivity index (χ2n) is 6.58. The normalized spacial score (nSPS) is 19.6. The number of imidazole rings is 1. The van der Waals surface area contributed by atoms with E-state index in [0.29, 0.717) is 12.6 Å². The van der Waals surface area contributed by atoms with Crippen molar-refractivity contribution in [2.45, 2.75) is 50.9 Å². The highest BCUT2D eigenvalue weighted by Gasteiger charge is 2.24. The average molecular weight is 500 g/mol. The number of aliphatic imine (C=N–C) groups is 1. The van der Waals surface area contributed by atoms with E-state index in [4.69, 9.17) is 4.99 Å². The standard InChI is InChI=1S/C19H28N6S.HI/c1-4-20-19(24-16-6-7-17(11-16)26-3)23-13-15-5-8-18(22-12-15)25-10-9-21-14(25)2;/h5,8-10,12,16-17H,4,6-7,11,13H2,1-3H3,(H2,20,23,24);1H. The molecule has 0 aliphatic heterocycles. The third kappa shape index (κ3) is 6.10. The van der Waals surface area contributed by atoms with Crippen LogP contribution in [-0.2, 0) is 6.54 Å². The summed E-state index contributed by atoms with van der Waals surface area (Å²) in [6, 6.07) is 4.61. The molecule has 1 fully saturated rings. The maximum Gasteiger partial charge on any atom is 0.191 e. The van der Waals surface area contributed by atoms with Gasteiger partial charge < -0.3 is 10.6 Å². The largest absolute Gasteiger partial charge is 0.357 e. The molecule has 2 unspecified atom stereocenters. The molecule has 0 radical (unpaired) electrons. The summed E-state index contributed by atoms with van der Waals surface area (Å²) >= 11 is 1.97. The van der Waals surface area contributed by atoms with Crippen LogP contribution in [0, 0.1) is 6.92 Å². The topological polar surface area (TPSA) is 67.1 Å². The van der Waals surface area contributed by atoms with Gasteiger partial charge in [-0.25, -0.2) is 15.0 Å². The van der Waals surface area contributed by atoms with Crippen molar-refractivity contribution in [3.63, 3.8) is 0 Å². The number of hydrogen-bond acceptors (Lipinski definition) is 4. The first-order chi connectivity index (χ1) is 12.7. The molecule has 6 nitrogen and oxygen atoms in total. The third-order valence-corrected chi connectivity index (χ3v) is 5.80. The van der Waals surface area contributed by atoms with E-state index in [0.717, 1.165) is 35.0 Å². The van der Waals surface area contributed by atoms with Crippen LogP contribution in [-0.4, -0.2) is 44.6 Å². The lowest BCUT2D eigenvalue weighted by Gasteiger charge is -2.17. The van der Waals surface area contributed by atoms with E-state index in [1.54, 1.807) is 6.20 Å². The highest BCUT2D eigenvalue weighted by Crippen LogP contribution is 2.28. The van der Waals surface area contributed by atoms with E-state index >= 15 is 0 Å². The fraction of sp³-hybridized carbons (Fsp3) is 0.526. The predicted molar refractivity (Wildman–Crippen MR) is 124 cm³/mol. The number of hydrogen-bond donors (Lipinski definition) is 2. The first-order valence-corrected chi connectivity index (χ1v) is 10.5. The number of halogens is 1. The van der Waals surface area contributed by atoms with E-state index < -0.39 is 0 Å². The van der Waals surface area contributed by atoms with Gasteiger partial charge in [-0.3, -0.25) is 4.57 Å². The van der Waals surface area contributed by atoms with Gasteiger partial charge >= 0.3 is 0 Å². The Morgan fingerprint density at radius 1 is 1.33 bits per heavy atom. The smallest absolute Gasteiger partial charge is 0.191 e. The minimum Gasteiger partial charge on any atom is -0.357 e. The van der Waals surface area contributed by atoms with Gasteiger partial charge in [0.2, 0.25) is 0 Å². The zero-order valence-corrected chi connectivity index (χ0v) is 19.3. The van der Waals surface area contributed by atoms with Crippen molar-refractivity contribution in [3.05, 3.63) is 42.1 Å². The molecule has 148 valence electrons. The van der Waals surface area contributed by atoms with E-state index in [1.807, 2.05) is 41.7 Å². The van der Waals surface area contributed by atoms with Crippen LogP contribution < -0.4 is 10.6 Å². The molecule has 2 heterocycles. The number of nitrogens with one attached hydrogen (secondary N) is 2. The summed E-state index contributed by atoms with van der Waals surface area (Å²) in [5, 5.41) is 7.72. The van der Waals surface area contributed by atoms with Gasteiger partial charge in [0, 0.05) is 36.4 Å². The maximum absolute atomic E-state index is 4.74. The number of aromatic nitrogens is 3. The Morgan fingerprint density at radius 3 is 2.78 bits per heavy atom. The van der Waals surface area contributed by atoms with Gasteiger partial charge in [-0.15, -0.1) is 24.0 Å². The summed E-state index contributed by atoms with van der Waals surface area (Å²) in [6.45, 7) is 5.55. The molecular formula is C19H29IN6S. The van der Waals surface area contributed by atoms with Crippen molar-refractivity contribution in [1.82, 2.24) is 25.2 Å². The fourth-order valence-corrected chi connectivity index (χ4v) is 4.04. The van der Waals surface area contributed by atoms with Crippen molar-refractivity contribution in [3.8, 4) is 5.82 Å². The van der Waals surface area contributed by atoms with Crippen molar-refractivity contribution >= 4 is 41.7 Å². The molecule has 0 spiro atoms. The SMILES string of the molecule is CCNC(=NCc1ccc(-n2ccnc2C)nc1)NC1CCC(SC)C1.I. The average Bonchev–Trinajstić information content (AvgIpc) is 3.29. The lowest BCUT2D eigenvalue weighted by atomic mass is 10.2. The zero-order valence-electron chi connectivity index (χ0n) is 16.2. The molecule has 27 heavy (non-hydrogen) atoms. The van der Waals surface area contributed by atoms with Gasteiger partial charge in [-0.2, -0.15) is 11.8 Å². The van der Waals surface area contributed by atoms with Crippen molar-refractivity contribution in [2.24, 2.45) is 4.99 Å². The molecule has 0 aromatic carbocycles. The molecule has 2 N–H and O–H groups in total. The Bertz CT molecular complexity index is 730. The van der Waals surface area contributed by atoms with Crippen LogP contribution >= 0.6 is 35.7 Å². The monoisotopic (exact) mass is 500 g/mol. The predicted octanol–water partition coefficient (Wildman–Crippen LogP) is 3.53. The Labute approximate surface area is 183 Å². The second kappa shape index (κ2) is 10.9. The van der Waals surface area contributed by atoms with Crippen molar-refractivity contribution in [2.75, 3.05) is 12.8 Å². The molecule has 1 aliphatic carbocycles.